The Labute approximate surface area is 150 Å². The normalized spacial score (nSPS) is 13.8. The Kier molecular flexibility index (Phi) is 5.11. The van der Waals surface area contributed by atoms with Crippen molar-refractivity contribution in [2.75, 3.05) is 5.32 Å². The monoisotopic (exact) mass is 364 g/mol. The summed E-state index contributed by atoms with van der Waals surface area (Å²) in [6.07, 6.45) is 1.96. The number of nitrogens with one attached hydrogen (secondary N) is 1. The zero-order valence-corrected chi connectivity index (χ0v) is 15.0. The van der Waals surface area contributed by atoms with Crippen LogP contribution in [0.25, 0.3) is 0 Å². The number of benzene rings is 1. The number of rotatable bonds is 6. The molecule has 3 rings (SSSR count). The van der Waals surface area contributed by atoms with Gasteiger partial charge in [0.1, 0.15) is 5.75 Å². The van der Waals surface area contributed by atoms with Crippen molar-refractivity contribution < 1.29 is 18.3 Å². The van der Waals surface area contributed by atoms with E-state index in [2.05, 4.69) is 15.2 Å². The summed E-state index contributed by atoms with van der Waals surface area (Å²) in [4.78, 5) is 14.5. The Hall–Kier alpha value is -2.64. The van der Waals surface area contributed by atoms with Gasteiger partial charge in [-0.3, -0.25) is 4.68 Å². The first kappa shape index (κ1) is 18.2. The molecule has 1 aromatic heterocycles. The first-order chi connectivity index (χ1) is 12.3. The third kappa shape index (κ3) is 4.12. The molecule has 1 N–H and O–H groups in total. The third-order valence-corrected chi connectivity index (χ3v) is 4.57. The molecule has 1 aliphatic carbocycles. The predicted octanol–water partition coefficient (Wildman–Crippen LogP) is 3.83. The van der Waals surface area contributed by atoms with Crippen LogP contribution in [-0.4, -0.2) is 33.4 Å². The molecule has 2 aromatic rings. The quantitative estimate of drug-likeness (QED) is 0.847. The molecule has 0 unspecified atom stereocenters. The van der Waals surface area contributed by atoms with Crippen LogP contribution in [0.15, 0.2) is 24.3 Å². The Balaban J connectivity index is 1.69. The van der Waals surface area contributed by atoms with Crippen molar-refractivity contribution in [3.05, 3.63) is 41.2 Å². The van der Waals surface area contributed by atoms with Crippen LogP contribution in [0.1, 0.15) is 29.8 Å². The third-order valence-electron chi connectivity index (χ3n) is 4.57. The average Bonchev–Trinajstić information content (AvgIpc) is 3.37. The molecule has 1 aromatic carbocycles. The van der Waals surface area contributed by atoms with Gasteiger partial charge in [0.05, 0.1) is 12.2 Å². The van der Waals surface area contributed by atoms with E-state index in [4.69, 9.17) is 0 Å². The van der Waals surface area contributed by atoms with Gasteiger partial charge in [-0.15, -0.1) is 0 Å². The number of urea groups is 1. The van der Waals surface area contributed by atoms with Gasteiger partial charge in [-0.25, -0.2) is 4.79 Å². The van der Waals surface area contributed by atoms with Gasteiger partial charge in [-0.05, 0) is 51.0 Å². The van der Waals surface area contributed by atoms with E-state index in [9.17, 15) is 13.6 Å². The molecule has 140 valence electrons. The standard InChI is InChI=1S/C18H22F2N4O2/c1-11-16(12(2)23(3)22-11)10-24(14-6-7-14)18(25)21-13-4-8-15(9-5-13)26-17(19)20/h4-5,8-9,14,17H,6-7,10H2,1-3H3,(H,21,25). The number of alkyl halides is 2. The van der Waals surface area contributed by atoms with Crippen molar-refractivity contribution in [2.45, 2.75) is 45.9 Å². The smallest absolute Gasteiger partial charge is 0.387 e. The minimum absolute atomic E-state index is 0.0543. The van der Waals surface area contributed by atoms with Crippen LogP contribution < -0.4 is 10.1 Å². The Morgan fingerprint density at radius 1 is 1.35 bits per heavy atom. The zero-order chi connectivity index (χ0) is 18.8. The molecule has 0 spiro atoms. The summed E-state index contributed by atoms with van der Waals surface area (Å²) >= 11 is 0. The van der Waals surface area contributed by atoms with Crippen molar-refractivity contribution in [1.82, 2.24) is 14.7 Å². The number of nitrogens with zero attached hydrogens (tertiary/aromatic N) is 3. The minimum Gasteiger partial charge on any atom is -0.435 e. The SMILES string of the molecule is Cc1nn(C)c(C)c1CN(C(=O)Nc1ccc(OC(F)F)cc1)C1CC1. The maximum absolute atomic E-state index is 12.7. The van der Waals surface area contributed by atoms with E-state index >= 15 is 0 Å². The molecule has 0 saturated heterocycles. The van der Waals surface area contributed by atoms with Crippen molar-refractivity contribution in [3.8, 4) is 5.75 Å². The number of carbonyl (C=O) groups is 1. The molecule has 1 fully saturated rings. The van der Waals surface area contributed by atoms with E-state index in [1.807, 2.05) is 25.6 Å². The van der Waals surface area contributed by atoms with Gasteiger partial charge in [0, 0.05) is 30.0 Å². The van der Waals surface area contributed by atoms with Crippen LogP contribution in [0.4, 0.5) is 19.3 Å². The topological polar surface area (TPSA) is 59.4 Å². The summed E-state index contributed by atoms with van der Waals surface area (Å²) in [5, 5.41) is 7.23. The van der Waals surface area contributed by atoms with E-state index in [0.717, 1.165) is 29.8 Å². The predicted molar refractivity (Wildman–Crippen MR) is 93.3 cm³/mol. The van der Waals surface area contributed by atoms with Crippen molar-refractivity contribution in [3.63, 3.8) is 0 Å². The van der Waals surface area contributed by atoms with Crippen LogP contribution in [0, 0.1) is 13.8 Å². The van der Waals surface area contributed by atoms with Gasteiger partial charge in [0.15, 0.2) is 0 Å². The fourth-order valence-electron chi connectivity index (χ4n) is 2.88. The van der Waals surface area contributed by atoms with Crippen LogP contribution >= 0.6 is 0 Å². The van der Waals surface area contributed by atoms with Crippen LogP contribution in [0.5, 0.6) is 5.75 Å². The molecule has 26 heavy (non-hydrogen) atoms. The van der Waals surface area contributed by atoms with Gasteiger partial charge in [0.2, 0.25) is 0 Å². The number of amides is 2. The maximum Gasteiger partial charge on any atom is 0.387 e. The zero-order valence-electron chi connectivity index (χ0n) is 15.0. The summed E-state index contributed by atoms with van der Waals surface area (Å²) in [6, 6.07) is 5.90. The summed E-state index contributed by atoms with van der Waals surface area (Å²) < 4.78 is 30.5. The van der Waals surface area contributed by atoms with Crippen molar-refractivity contribution >= 4 is 11.7 Å². The van der Waals surface area contributed by atoms with E-state index in [-0.39, 0.29) is 17.8 Å². The number of carbonyl (C=O) groups excluding carboxylic acids is 1. The highest BCUT2D eigenvalue weighted by Gasteiger charge is 2.33. The Morgan fingerprint density at radius 3 is 2.50 bits per heavy atom. The van der Waals surface area contributed by atoms with Gasteiger partial charge in [-0.2, -0.15) is 13.9 Å². The molecule has 1 heterocycles. The minimum atomic E-state index is -2.87. The molecule has 0 radical (unpaired) electrons. The summed E-state index contributed by atoms with van der Waals surface area (Å²) in [5.41, 5.74) is 3.53. The number of halogens is 2. The first-order valence-corrected chi connectivity index (χ1v) is 8.46. The largest absolute Gasteiger partial charge is 0.435 e. The van der Waals surface area contributed by atoms with Crippen molar-refractivity contribution in [2.24, 2.45) is 7.05 Å². The molecule has 0 atom stereocenters. The molecule has 1 aliphatic rings. The lowest BCUT2D eigenvalue weighted by atomic mass is 10.2. The van der Waals surface area contributed by atoms with Crippen LogP contribution in [0.3, 0.4) is 0 Å². The van der Waals surface area contributed by atoms with E-state index in [1.54, 1.807) is 17.0 Å². The number of aromatic nitrogens is 2. The maximum atomic E-state index is 12.7. The average molecular weight is 364 g/mol. The Morgan fingerprint density at radius 2 is 2.00 bits per heavy atom. The lowest BCUT2D eigenvalue weighted by Gasteiger charge is -2.23. The number of hydrogen-bond donors (Lipinski definition) is 1. The van der Waals surface area contributed by atoms with Crippen LogP contribution in [0.2, 0.25) is 0 Å². The van der Waals surface area contributed by atoms with Gasteiger partial charge >= 0.3 is 12.6 Å². The molecular formula is C18H22F2N4O2. The molecule has 2 amide bonds. The second-order valence-electron chi connectivity index (χ2n) is 6.47. The van der Waals surface area contributed by atoms with Gasteiger partial charge in [-0.1, -0.05) is 0 Å². The fraction of sp³-hybridized carbons (Fsp3) is 0.444. The summed E-state index contributed by atoms with van der Waals surface area (Å²) in [6.45, 7) is 1.55. The molecule has 1 saturated carbocycles. The number of aryl methyl sites for hydroxylation is 2. The second kappa shape index (κ2) is 7.31. The van der Waals surface area contributed by atoms with Crippen molar-refractivity contribution in [1.29, 1.82) is 0 Å². The highest BCUT2D eigenvalue weighted by Crippen LogP contribution is 2.30. The van der Waals surface area contributed by atoms with E-state index in [1.165, 1.54) is 12.1 Å². The molecule has 6 nitrogen and oxygen atoms in total. The number of anilines is 1. The highest BCUT2D eigenvalue weighted by atomic mass is 19.3. The molecule has 8 heteroatoms. The number of hydrogen-bond acceptors (Lipinski definition) is 3. The summed E-state index contributed by atoms with van der Waals surface area (Å²) in [5.74, 6) is 0.0543. The van der Waals surface area contributed by atoms with Crippen LogP contribution in [-0.2, 0) is 13.6 Å². The molecular weight excluding hydrogens is 342 g/mol. The summed E-state index contributed by atoms with van der Waals surface area (Å²) in [7, 11) is 1.89. The fourth-order valence-corrected chi connectivity index (χ4v) is 2.88. The first-order valence-electron chi connectivity index (χ1n) is 8.46. The second-order valence-corrected chi connectivity index (χ2v) is 6.47. The van der Waals surface area contributed by atoms with Gasteiger partial charge < -0.3 is 15.0 Å². The Bertz CT molecular complexity index is 785. The molecule has 0 aliphatic heterocycles. The van der Waals surface area contributed by atoms with Gasteiger partial charge in [0.25, 0.3) is 0 Å². The highest BCUT2D eigenvalue weighted by molar-refractivity contribution is 5.89. The lowest BCUT2D eigenvalue weighted by Crippen LogP contribution is -2.36. The number of ether oxygens (including phenoxy) is 1. The van der Waals surface area contributed by atoms with E-state index < -0.39 is 6.61 Å². The lowest BCUT2D eigenvalue weighted by molar-refractivity contribution is -0.0498. The molecule has 0 bridgehead atoms. The van der Waals surface area contributed by atoms with E-state index in [0.29, 0.717) is 12.2 Å².